The first-order valence-corrected chi connectivity index (χ1v) is 6.53. The summed E-state index contributed by atoms with van der Waals surface area (Å²) >= 11 is 3.37. The van der Waals surface area contributed by atoms with Crippen molar-refractivity contribution in [2.24, 2.45) is 0 Å². The zero-order valence-electron chi connectivity index (χ0n) is 10.1. The smallest absolute Gasteiger partial charge is 0.193 e. The SMILES string of the molecule is CC=C(C(=O)c1ccc(Br)cc1)c1ccccc1. The number of ketones is 1. The zero-order valence-corrected chi connectivity index (χ0v) is 11.6. The molecule has 90 valence electrons. The number of carbonyl (C=O) groups excluding carboxylic acids is 1. The van der Waals surface area contributed by atoms with E-state index in [-0.39, 0.29) is 5.78 Å². The lowest BCUT2D eigenvalue weighted by Gasteiger charge is -2.06. The average molecular weight is 301 g/mol. The monoisotopic (exact) mass is 300 g/mol. The van der Waals surface area contributed by atoms with Gasteiger partial charge in [-0.25, -0.2) is 0 Å². The third-order valence-corrected chi connectivity index (χ3v) is 3.25. The summed E-state index contributed by atoms with van der Waals surface area (Å²) in [5, 5.41) is 0. The van der Waals surface area contributed by atoms with E-state index in [0.717, 1.165) is 15.6 Å². The molecular weight excluding hydrogens is 288 g/mol. The minimum atomic E-state index is 0.0520. The van der Waals surface area contributed by atoms with Crippen molar-refractivity contribution in [1.29, 1.82) is 0 Å². The van der Waals surface area contributed by atoms with E-state index in [1.54, 1.807) is 0 Å². The maximum Gasteiger partial charge on any atom is 0.193 e. The van der Waals surface area contributed by atoms with Crippen molar-refractivity contribution in [2.75, 3.05) is 0 Å². The van der Waals surface area contributed by atoms with E-state index < -0.39 is 0 Å². The number of Topliss-reactive ketones (excluding diaryl/α,β-unsaturated/α-hetero) is 1. The van der Waals surface area contributed by atoms with Crippen LogP contribution in [-0.4, -0.2) is 5.78 Å². The molecule has 2 aromatic rings. The predicted molar refractivity (Wildman–Crippen MR) is 78.6 cm³/mol. The van der Waals surface area contributed by atoms with Crippen molar-refractivity contribution in [3.63, 3.8) is 0 Å². The van der Waals surface area contributed by atoms with Gasteiger partial charge in [-0.3, -0.25) is 4.79 Å². The van der Waals surface area contributed by atoms with Crippen LogP contribution in [-0.2, 0) is 0 Å². The van der Waals surface area contributed by atoms with Gasteiger partial charge in [0.15, 0.2) is 5.78 Å². The molecule has 0 saturated carbocycles. The highest BCUT2D eigenvalue weighted by Crippen LogP contribution is 2.20. The largest absolute Gasteiger partial charge is 0.289 e. The van der Waals surface area contributed by atoms with Crippen LogP contribution in [0.2, 0.25) is 0 Å². The third-order valence-electron chi connectivity index (χ3n) is 2.72. The number of rotatable bonds is 3. The van der Waals surface area contributed by atoms with Gasteiger partial charge in [0, 0.05) is 15.6 Å². The Morgan fingerprint density at radius 3 is 2.11 bits per heavy atom. The number of hydrogen-bond acceptors (Lipinski definition) is 1. The zero-order chi connectivity index (χ0) is 13.0. The first-order valence-electron chi connectivity index (χ1n) is 5.74. The van der Waals surface area contributed by atoms with Gasteiger partial charge in [-0.1, -0.05) is 52.3 Å². The maximum atomic E-state index is 12.4. The van der Waals surface area contributed by atoms with Crippen molar-refractivity contribution in [3.05, 3.63) is 76.3 Å². The quantitative estimate of drug-likeness (QED) is 0.591. The fourth-order valence-corrected chi connectivity index (χ4v) is 2.07. The molecule has 0 fully saturated rings. The molecule has 0 radical (unpaired) electrons. The lowest BCUT2D eigenvalue weighted by molar-refractivity contribution is 0.105. The second-order valence-corrected chi connectivity index (χ2v) is 4.82. The summed E-state index contributed by atoms with van der Waals surface area (Å²) in [6.45, 7) is 1.89. The maximum absolute atomic E-state index is 12.4. The first kappa shape index (κ1) is 12.8. The van der Waals surface area contributed by atoms with Crippen molar-refractivity contribution in [3.8, 4) is 0 Å². The first-order chi connectivity index (χ1) is 8.72. The van der Waals surface area contributed by atoms with Gasteiger partial charge >= 0.3 is 0 Å². The molecule has 0 aliphatic rings. The molecule has 0 bridgehead atoms. The summed E-state index contributed by atoms with van der Waals surface area (Å²) < 4.78 is 0.973. The molecule has 0 aromatic heterocycles. The van der Waals surface area contributed by atoms with Crippen LogP contribution < -0.4 is 0 Å². The number of halogens is 1. The Hall–Kier alpha value is -1.67. The Balaban J connectivity index is 2.35. The molecule has 2 aromatic carbocycles. The Morgan fingerprint density at radius 2 is 1.56 bits per heavy atom. The van der Waals surface area contributed by atoms with Gasteiger partial charge in [-0.05, 0) is 36.8 Å². The molecule has 0 aliphatic heterocycles. The highest BCUT2D eigenvalue weighted by molar-refractivity contribution is 9.10. The Labute approximate surface area is 115 Å². The van der Waals surface area contributed by atoms with E-state index in [1.165, 1.54) is 0 Å². The van der Waals surface area contributed by atoms with Gasteiger partial charge < -0.3 is 0 Å². The van der Waals surface area contributed by atoms with E-state index in [2.05, 4.69) is 15.9 Å². The standard InChI is InChI=1S/C16H13BrO/c1-2-15(12-6-4-3-5-7-12)16(18)13-8-10-14(17)11-9-13/h2-11H,1H3. The highest BCUT2D eigenvalue weighted by Gasteiger charge is 2.12. The molecule has 1 nitrogen and oxygen atoms in total. The number of allylic oxidation sites excluding steroid dienone is 2. The van der Waals surface area contributed by atoms with E-state index in [1.807, 2.05) is 67.6 Å². The predicted octanol–water partition coefficient (Wildman–Crippen LogP) is 4.74. The lowest BCUT2D eigenvalue weighted by atomic mass is 9.97. The van der Waals surface area contributed by atoms with E-state index >= 15 is 0 Å². The average Bonchev–Trinajstić information content (AvgIpc) is 2.41. The minimum Gasteiger partial charge on any atom is -0.289 e. The molecule has 18 heavy (non-hydrogen) atoms. The van der Waals surface area contributed by atoms with Crippen molar-refractivity contribution in [2.45, 2.75) is 6.92 Å². The normalized spacial score (nSPS) is 11.3. The second kappa shape index (κ2) is 5.78. The fourth-order valence-electron chi connectivity index (χ4n) is 1.80. The summed E-state index contributed by atoms with van der Waals surface area (Å²) in [6, 6.07) is 17.1. The molecule has 0 atom stereocenters. The van der Waals surface area contributed by atoms with Gasteiger partial charge in [-0.15, -0.1) is 0 Å². The molecule has 0 unspecified atom stereocenters. The summed E-state index contributed by atoms with van der Waals surface area (Å²) in [5.74, 6) is 0.0520. The third kappa shape index (κ3) is 2.77. The van der Waals surface area contributed by atoms with Crippen LogP contribution in [0.1, 0.15) is 22.8 Å². The molecule has 0 aliphatic carbocycles. The van der Waals surface area contributed by atoms with Crippen LogP contribution in [0.5, 0.6) is 0 Å². The topological polar surface area (TPSA) is 17.1 Å². The van der Waals surface area contributed by atoms with Crippen LogP contribution in [0.4, 0.5) is 0 Å². The molecule has 2 heteroatoms. The highest BCUT2D eigenvalue weighted by atomic mass is 79.9. The van der Waals surface area contributed by atoms with Crippen molar-refractivity contribution < 1.29 is 4.79 Å². The van der Waals surface area contributed by atoms with Crippen molar-refractivity contribution >= 4 is 27.3 Å². The lowest BCUT2D eigenvalue weighted by Crippen LogP contribution is -2.02. The van der Waals surface area contributed by atoms with E-state index in [0.29, 0.717) is 5.56 Å². The van der Waals surface area contributed by atoms with Crippen LogP contribution in [0.15, 0.2) is 65.1 Å². The van der Waals surface area contributed by atoms with Crippen molar-refractivity contribution in [1.82, 2.24) is 0 Å². The Bertz CT molecular complexity index is 568. The Morgan fingerprint density at radius 1 is 0.944 bits per heavy atom. The molecule has 0 saturated heterocycles. The molecule has 0 spiro atoms. The van der Waals surface area contributed by atoms with Gasteiger partial charge in [0.2, 0.25) is 0 Å². The van der Waals surface area contributed by atoms with E-state index in [4.69, 9.17) is 0 Å². The molecule has 0 amide bonds. The van der Waals surface area contributed by atoms with Crippen LogP contribution in [0, 0.1) is 0 Å². The van der Waals surface area contributed by atoms with Crippen LogP contribution in [0.3, 0.4) is 0 Å². The van der Waals surface area contributed by atoms with Gasteiger partial charge in [-0.2, -0.15) is 0 Å². The van der Waals surface area contributed by atoms with Crippen LogP contribution in [0.25, 0.3) is 5.57 Å². The van der Waals surface area contributed by atoms with Gasteiger partial charge in [0.25, 0.3) is 0 Å². The molecule has 2 rings (SSSR count). The van der Waals surface area contributed by atoms with Gasteiger partial charge in [0.1, 0.15) is 0 Å². The summed E-state index contributed by atoms with van der Waals surface area (Å²) in [7, 11) is 0. The summed E-state index contributed by atoms with van der Waals surface area (Å²) in [6.07, 6.45) is 1.86. The van der Waals surface area contributed by atoms with Gasteiger partial charge in [0.05, 0.1) is 0 Å². The Kier molecular flexibility index (Phi) is 4.11. The molecular formula is C16H13BrO. The molecule has 0 N–H and O–H groups in total. The van der Waals surface area contributed by atoms with Crippen LogP contribution >= 0.6 is 15.9 Å². The van der Waals surface area contributed by atoms with E-state index in [9.17, 15) is 4.79 Å². The number of carbonyl (C=O) groups is 1. The summed E-state index contributed by atoms with van der Waals surface area (Å²) in [4.78, 5) is 12.4. The number of hydrogen-bond donors (Lipinski definition) is 0. The molecule has 0 heterocycles. The number of benzene rings is 2. The summed E-state index contributed by atoms with van der Waals surface area (Å²) in [5.41, 5.74) is 2.39. The second-order valence-electron chi connectivity index (χ2n) is 3.90. The minimum absolute atomic E-state index is 0.0520. The fraction of sp³-hybridized carbons (Fsp3) is 0.0625.